The highest BCUT2D eigenvalue weighted by atomic mass is 16.5. The summed E-state index contributed by atoms with van der Waals surface area (Å²) in [5.41, 5.74) is 3.95. The molecule has 0 aliphatic carbocycles. The van der Waals surface area contributed by atoms with Gasteiger partial charge < -0.3 is 19.9 Å². The van der Waals surface area contributed by atoms with Gasteiger partial charge in [-0.2, -0.15) is 0 Å². The van der Waals surface area contributed by atoms with Crippen molar-refractivity contribution >= 4 is 17.4 Å². The lowest BCUT2D eigenvalue weighted by atomic mass is 9.91. The van der Waals surface area contributed by atoms with E-state index in [0.29, 0.717) is 29.0 Å². The average molecular weight is 430 g/mol. The molecule has 162 valence electrons. The number of methoxy groups -OCH3 is 2. The van der Waals surface area contributed by atoms with Crippen LogP contribution in [0.2, 0.25) is 0 Å². The van der Waals surface area contributed by atoms with Crippen molar-refractivity contribution < 1.29 is 24.2 Å². The van der Waals surface area contributed by atoms with Gasteiger partial charge >= 0.3 is 0 Å². The molecule has 0 saturated carbocycles. The van der Waals surface area contributed by atoms with Crippen LogP contribution in [0.4, 0.5) is 0 Å². The van der Waals surface area contributed by atoms with E-state index in [0.717, 1.165) is 22.4 Å². The van der Waals surface area contributed by atoms with Crippen molar-refractivity contribution in [3.05, 3.63) is 83.6 Å². The maximum atomic E-state index is 12.6. The Labute approximate surface area is 185 Å². The normalized spacial score (nSPS) is 14.0. The van der Waals surface area contributed by atoms with E-state index in [1.807, 2.05) is 42.5 Å². The highest BCUT2D eigenvalue weighted by Gasteiger charge is 2.27. The number of carbonyl (C=O) groups excluding carboxylic acids is 2. The highest BCUT2D eigenvalue weighted by Crippen LogP contribution is 2.30. The molecule has 1 aliphatic rings. The molecule has 7 heteroatoms. The molecule has 0 fully saturated rings. The molecule has 1 heterocycles. The van der Waals surface area contributed by atoms with Gasteiger partial charge in [0.2, 0.25) is 0 Å². The maximum absolute atomic E-state index is 12.6. The first-order chi connectivity index (χ1) is 15.5. The minimum Gasteiger partial charge on any atom is -0.504 e. The molecule has 1 aliphatic heterocycles. The lowest BCUT2D eigenvalue weighted by molar-refractivity contribution is -0.114. The van der Waals surface area contributed by atoms with Gasteiger partial charge in [-0.1, -0.05) is 24.3 Å². The minimum absolute atomic E-state index is 0.0370. The number of amides is 2. The van der Waals surface area contributed by atoms with Gasteiger partial charge in [-0.15, -0.1) is 0 Å². The van der Waals surface area contributed by atoms with Crippen LogP contribution in [-0.2, 0) is 11.3 Å². The second-order valence-electron chi connectivity index (χ2n) is 7.22. The van der Waals surface area contributed by atoms with Crippen LogP contribution in [0.1, 0.15) is 21.5 Å². The topological polar surface area (TPSA) is 96.9 Å². The smallest absolute Gasteiger partial charge is 0.260 e. The second kappa shape index (κ2) is 8.85. The lowest BCUT2D eigenvalue weighted by Gasteiger charge is -2.19. The Morgan fingerprint density at radius 2 is 1.62 bits per heavy atom. The summed E-state index contributed by atoms with van der Waals surface area (Å²) < 4.78 is 10.3. The molecule has 0 aromatic heterocycles. The summed E-state index contributed by atoms with van der Waals surface area (Å²) in [4.78, 5) is 24.9. The zero-order valence-corrected chi connectivity index (χ0v) is 17.6. The van der Waals surface area contributed by atoms with Crippen LogP contribution in [0, 0.1) is 0 Å². The van der Waals surface area contributed by atoms with Gasteiger partial charge in [0, 0.05) is 23.9 Å². The van der Waals surface area contributed by atoms with Gasteiger partial charge in [0.05, 0.1) is 19.8 Å². The summed E-state index contributed by atoms with van der Waals surface area (Å²) in [6.45, 7) is 0.371. The number of ether oxygens (including phenoxy) is 2. The monoisotopic (exact) mass is 430 g/mol. The number of hydrogen-bond acceptors (Lipinski definition) is 6. The predicted molar refractivity (Wildman–Crippen MR) is 120 cm³/mol. The van der Waals surface area contributed by atoms with Gasteiger partial charge in [-0.3, -0.25) is 14.9 Å². The van der Waals surface area contributed by atoms with E-state index >= 15 is 0 Å². The van der Waals surface area contributed by atoms with Gasteiger partial charge in [-0.25, -0.2) is 0 Å². The number of rotatable bonds is 6. The number of nitrogens with one attached hydrogen (secondary N) is 2. The van der Waals surface area contributed by atoms with Gasteiger partial charge in [0.15, 0.2) is 11.5 Å². The number of phenolic OH excluding ortho intramolecular Hbond substituents is 1. The molecular formula is C25H22N2O5. The van der Waals surface area contributed by atoms with E-state index in [4.69, 9.17) is 9.47 Å². The molecule has 4 rings (SSSR count). The van der Waals surface area contributed by atoms with Crippen molar-refractivity contribution in [1.82, 2.24) is 10.6 Å². The Morgan fingerprint density at radius 3 is 2.31 bits per heavy atom. The molecule has 32 heavy (non-hydrogen) atoms. The van der Waals surface area contributed by atoms with Crippen LogP contribution >= 0.6 is 0 Å². The molecule has 3 N–H and O–H groups in total. The van der Waals surface area contributed by atoms with Crippen LogP contribution in [0.3, 0.4) is 0 Å². The van der Waals surface area contributed by atoms with Crippen molar-refractivity contribution in [3.8, 4) is 28.4 Å². The maximum Gasteiger partial charge on any atom is 0.260 e. The van der Waals surface area contributed by atoms with Crippen LogP contribution < -0.4 is 20.1 Å². The van der Waals surface area contributed by atoms with E-state index in [2.05, 4.69) is 10.6 Å². The Bertz CT molecular complexity index is 1220. The Balaban J connectivity index is 1.63. The van der Waals surface area contributed by atoms with Crippen LogP contribution in [0.5, 0.6) is 17.2 Å². The van der Waals surface area contributed by atoms with Gasteiger partial charge in [0.25, 0.3) is 11.8 Å². The average Bonchev–Trinajstić information content (AvgIpc) is 2.81. The Hall–Kier alpha value is -4.26. The summed E-state index contributed by atoms with van der Waals surface area (Å²) in [5.74, 6) is 0.269. The quantitative estimate of drug-likeness (QED) is 0.409. The molecule has 7 nitrogen and oxygen atoms in total. The molecular weight excluding hydrogens is 408 g/mol. The summed E-state index contributed by atoms with van der Waals surface area (Å²) in [7, 11) is 3.09. The number of carbonyl (C=O) groups is 2. The molecule has 3 aromatic rings. The first kappa shape index (κ1) is 21.0. The SMILES string of the molecule is COc1ccc(-c2ccc3c(c2)/C(=C/NCc2ccc(OC)c(O)c2)C(=O)NC3=O)cc1. The molecule has 0 atom stereocenters. The van der Waals surface area contributed by atoms with Crippen LogP contribution in [0.15, 0.2) is 66.9 Å². The molecule has 0 radical (unpaired) electrons. The van der Waals surface area contributed by atoms with E-state index < -0.39 is 11.8 Å². The fourth-order valence-corrected chi connectivity index (χ4v) is 3.55. The molecule has 0 saturated heterocycles. The summed E-state index contributed by atoms with van der Waals surface area (Å²) in [6.07, 6.45) is 1.58. The van der Waals surface area contributed by atoms with E-state index in [1.54, 1.807) is 31.5 Å². The van der Waals surface area contributed by atoms with Crippen molar-refractivity contribution in [2.45, 2.75) is 6.54 Å². The number of imide groups is 1. The number of fused-ring (bicyclic) bond motifs is 1. The Morgan fingerprint density at radius 1 is 0.875 bits per heavy atom. The molecule has 3 aromatic carbocycles. The molecule has 2 amide bonds. The molecule has 0 unspecified atom stereocenters. The van der Waals surface area contributed by atoms with Gasteiger partial charge in [-0.05, 0) is 53.1 Å². The first-order valence-corrected chi connectivity index (χ1v) is 9.94. The first-order valence-electron chi connectivity index (χ1n) is 9.94. The van der Waals surface area contributed by atoms with E-state index in [1.165, 1.54) is 7.11 Å². The fraction of sp³-hybridized carbons (Fsp3) is 0.120. The van der Waals surface area contributed by atoms with Crippen molar-refractivity contribution in [2.24, 2.45) is 0 Å². The third kappa shape index (κ3) is 4.13. The standard InChI is InChI=1S/C25H22N2O5/c1-31-18-7-4-16(5-8-18)17-6-9-19-20(12-17)21(25(30)27-24(19)29)14-26-13-15-3-10-23(32-2)22(28)11-15/h3-12,14,26,28H,13H2,1-2H3,(H,27,29,30)/b21-14-. The number of aromatic hydroxyl groups is 1. The second-order valence-corrected chi connectivity index (χ2v) is 7.22. The Kier molecular flexibility index (Phi) is 5.81. The van der Waals surface area contributed by atoms with Crippen LogP contribution in [0.25, 0.3) is 16.7 Å². The molecule has 0 bridgehead atoms. The van der Waals surface area contributed by atoms with Crippen molar-refractivity contribution in [1.29, 1.82) is 0 Å². The van der Waals surface area contributed by atoms with Crippen molar-refractivity contribution in [2.75, 3.05) is 14.2 Å². The lowest BCUT2D eigenvalue weighted by Crippen LogP contribution is -2.37. The summed E-state index contributed by atoms with van der Waals surface area (Å²) in [6, 6.07) is 18.0. The highest BCUT2D eigenvalue weighted by molar-refractivity contribution is 6.31. The van der Waals surface area contributed by atoms with Crippen molar-refractivity contribution in [3.63, 3.8) is 0 Å². The van der Waals surface area contributed by atoms with Gasteiger partial charge in [0.1, 0.15) is 5.75 Å². The zero-order valence-electron chi connectivity index (χ0n) is 17.6. The fourth-order valence-electron chi connectivity index (χ4n) is 3.55. The van der Waals surface area contributed by atoms with E-state index in [9.17, 15) is 14.7 Å². The number of benzene rings is 3. The van der Waals surface area contributed by atoms with E-state index in [-0.39, 0.29) is 5.75 Å². The predicted octanol–water partition coefficient (Wildman–Crippen LogP) is 3.48. The summed E-state index contributed by atoms with van der Waals surface area (Å²) in [5, 5.41) is 15.4. The minimum atomic E-state index is -0.473. The number of hydrogen-bond donors (Lipinski definition) is 3. The molecule has 0 spiro atoms. The third-order valence-corrected chi connectivity index (χ3v) is 5.25. The van der Waals surface area contributed by atoms with Crippen LogP contribution in [-0.4, -0.2) is 31.1 Å². The number of phenols is 1. The summed E-state index contributed by atoms with van der Waals surface area (Å²) >= 11 is 0. The largest absolute Gasteiger partial charge is 0.504 e. The third-order valence-electron chi connectivity index (χ3n) is 5.25. The zero-order chi connectivity index (χ0) is 22.7.